The van der Waals surface area contributed by atoms with Crippen molar-refractivity contribution in [3.05, 3.63) is 70.3 Å². The van der Waals surface area contributed by atoms with Crippen LogP contribution in [-0.4, -0.2) is 42.9 Å². The Morgan fingerprint density at radius 2 is 1.88 bits per heavy atom. The second kappa shape index (κ2) is 9.84. The van der Waals surface area contributed by atoms with Crippen LogP contribution < -0.4 is 9.62 Å². The number of carbonyl (C=O) groups is 1. The van der Waals surface area contributed by atoms with Crippen LogP contribution >= 0.6 is 0 Å². The average Bonchev–Trinajstić information content (AvgIpc) is 3.00. The van der Waals surface area contributed by atoms with Gasteiger partial charge in [0.1, 0.15) is 5.82 Å². The first kappa shape index (κ1) is 25.2. The van der Waals surface area contributed by atoms with Crippen LogP contribution in [0.5, 0.6) is 0 Å². The van der Waals surface area contributed by atoms with E-state index in [2.05, 4.69) is 9.82 Å². The van der Waals surface area contributed by atoms with Gasteiger partial charge in [-0.05, 0) is 75.1 Å². The van der Waals surface area contributed by atoms with E-state index in [1.807, 2.05) is 30.5 Å². The lowest BCUT2D eigenvalue weighted by molar-refractivity contribution is 0.0697. The quantitative estimate of drug-likeness (QED) is 0.471. The van der Waals surface area contributed by atoms with Crippen LogP contribution in [-0.2, 0) is 23.5 Å². The molecule has 0 spiro atoms. The van der Waals surface area contributed by atoms with E-state index in [9.17, 15) is 22.7 Å². The number of sulfonamides is 1. The zero-order valence-corrected chi connectivity index (χ0v) is 20.7. The number of aryl methyl sites for hydroxylation is 3. The van der Waals surface area contributed by atoms with Crippen LogP contribution in [0.25, 0.3) is 0 Å². The topological polar surface area (TPSA) is 105 Å². The van der Waals surface area contributed by atoms with Gasteiger partial charge in [-0.1, -0.05) is 6.07 Å². The molecule has 2 aromatic carbocycles. The molecule has 1 heterocycles. The maximum atomic E-state index is 13.6. The van der Waals surface area contributed by atoms with Gasteiger partial charge < -0.3 is 10.0 Å². The number of halogens is 1. The summed E-state index contributed by atoms with van der Waals surface area (Å²) < 4.78 is 43.3. The zero-order chi connectivity index (χ0) is 25.2. The molecule has 0 saturated carbocycles. The standard InChI is InChI=1S/C24H29FN4O4S/c1-15-8-9-18(25)13-23(15)34(32,33)27-19-10-11-22(21(14-19)24(30)31)28(4)12-6-7-20-16(2)26-29(5)17(20)3/h8-11,13-14,27H,6-7,12H2,1-5H3,(H,30,31). The number of benzene rings is 2. The molecule has 0 aliphatic heterocycles. The molecule has 0 aliphatic carbocycles. The fourth-order valence-corrected chi connectivity index (χ4v) is 5.28. The highest BCUT2D eigenvalue weighted by molar-refractivity contribution is 7.92. The number of hydrogen-bond donors (Lipinski definition) is 2. The van der Waals surface area contributed by atoms with E-state index in [0.29, 0.717) is 17.8 Å². The molecule has 0 unspecified atom stereocenters. The molecule has 2 N–H and O–H groups in total. The molecule has 34 heavy (non-hydrogen) atoms. The maximum Gasteiger partial charge on any atom is 0.337 e. The number of anilines is 2. The van der Waals surface area contributed by atoms with Crippen LogP contribution in [0.4, 0.5) is 15.8 Å². The Bertz CT molecular complexity index is 1330. The van der Waals surface area contributed by atoms with Crippen molar-refractivity contribution in [2.24, 2.45) is 7.05 Å². The van der Waals surface area contributed by atoms with Gasteiger partial charge >= 0.3 is 5.97 Å². The molecule has 0 radical (unpaired) electrons. The molecule has 0 aliphatic rings. The Labute approximate surface area is 199 Å². The summed E-state index contributed by atoms with van der Waals surface area (Å²) in [5.41, 5.74) is 4.18. The second-order valence-electron chi connectivity index (χ2n) is 8.35. The van der Waals surface area contributed by atoms with Gasteiger partial charge in [0.05, 0.1) is 21.8 Å². The third-order valence-electron chi connectivity index (χ3n) is 5.91. The molecule has 1 aromatic heterocycles. The zero-order valence-electron chi connectivity index (χ0n) is 19.9. The number of carboxylic acid groups (broad SMARTS) is 1. The van der Waals surface area contributed by atoms with E-state index < -0.39 is 21.8 Å². The first-order chi connectivity index (χ1) is 15.9. The number of nitrogens with one attached hydrogen (secondary N) is 1. The first-order valence-corrected chi connectivity index (χ1v) is 12.3. The Balaban J connectivity index is 1.78. The Hall–Kier alpha value is -3.40. The summed E-state index contributed by atoms with van der Waals surface area (Å²) in [4.78, 5) is 13.6. The molecule has 0 amide bonds. The number of aromatic carboxylic acids is 1. The number of carboxylic acids is 1. The molecule has 0 fully saturated rings. The highest BCUT2D eigenvalue weighted by Crippen LogP contribution is 2.27. The van der Waals surface area contributed by atoms with E-state index in [1.54, 1.807) is 20.0 Å². The van der Waals surface area contributed by atoms with E-state index in [4.69, 9.17) is 0 Å². The second-order valence-corrected chi connectivity index (χ2v) is 10.0. The van der Waals surface area contributed by atoms with Crippen molar-refractivity contribution < 1.29 is 22.7 Å². The summed E-state index contributed by atoms with van der Waals surface area (Å²) in [6.07, 6.45) is 1.60. The smallest absolute Gasteiger partial charge is 0.337 e. The van der Waals surface area contributed by atoms with Crippen LogP contribution in [0.2, 0.25) is 0 Å². The van der Waals surface area contributed by atoms with Gasteiger partial charge in [0.15, 0.2) is 0 Å². The molecule has 3 aromatic rings. The summed E-state index contributed by atoms with van der Waals surface area (Å²) in [5, 5.41) is 14.2. The Morgan fingerprint density at radius 1 is 1.18 bits per heavy atom. The van der Waals surface area contributed by atoms with Gasteiger partial charge in [-0.2, -0.15) is 5.10 Å². The van der Waals surface area contributed by atoms with Gasteiger partial charge in [0.2, 0.25) is 0 Å². The minimum Gasteiger partial charge on any atom is -0.478 e. The van der Waals surface area contributed by atoms with Gasteiger partial charge in [-0.25, -0.2) is 17.6 Å². The molecule has 8 nitrogen and oxygen atoms in total. The SMILES string of the molecule is Cc1ccc(F)cc1S(=O)(=O)Nc1ccc(N(C)CCCc2c(C)nn(C)c2C)c(C(=O)O)c1. The van der Waals surface area contributed by atoms with E-state index >= 15 is 0 Å². The van der Waals surface area contributed by atoms with Crippen molar-refractivity contribution in [3.8, 4) is 0 Å². The van der Waals surface area contributed by atoms with Gasteiger partial charge in [0.25, 0.3) is 10.0 Å². The first-order valence-electron chi connectivity index (χ1n) is 10.8. The summed E-state index contributed by atoms with van der Waals surface area (Å²) in [7, 11) is -0.396. The van der Waals surface area contributed by atoms with Crippen LogP contribution in [0.3, 0.4) is 0 Å². The predicted octanol–water partition coefficient (Wildman–Crippen LogP) is 4.05. The summed E-state index contributed by atoms with van der Waals surface area (Å²) in [6.45, 7) is 6.15. The summed E-state index contributed by atoms with van der Waals surface area (Å²) in [5.74, 6) is -1.85. The molecule has 0 saturated heterocycles. The van der Waals surface area contributed by atoms with Crippen molar-refractivity contribution in [2.75, 3.05) is 23.2 Å². The fourth-order valence-electron chi connectivity index (χ4n) is 3.97. The van der Waals surface area contributed by atoms with Crippen molar-refractivity contribution in [2.45, 2.75) is 38.5 Å². The Kier molecular flexibility index (Phi) is 7.30. The maximum absolute atomic E-state index is 13.6. The van der Waals surface area contributed by atoms with Crippen molar-refractivity contribution in [1.82, 2.24) is 9.78 Å². The largest absolute Gasteiger partial charge is 0.478 e. The highest BCUT2D eigenvalue weighted by atomic mass is 32.2. The van der Waals surface area contributed by atoms with E-state index in [1.165, 1.54) is 29.8 Å². The summed E-state index contributed by atoms with van der Waals surface area (Å²) >= 11 is 0. The number of rotatable bonds is 9. The molecule has 182 valence electrons. The molecular weight excluding hydrogens is 459 g/mol. The predicted molar refractivity (Wildman–Crippen MR) is 130 cm³/mol. The third-order valence-corrected chi connectivity index (χ3v) is 7.43. The van der Waals surface area contributed by atoms with Crippen LogP contribution in [0.1, 0.15) is 39.3 Å². The molecular formula is C24H29FN4O4S. The molecule has 0 atom stereocenters. The Morgan fingerprint density at radius 3 is 2.50 bits per heavy atom. The highest BCUT2D eigenvalue weighted by Gasteiger charge is 2.21. The van der Waals surface area contributed by atoms with Crippen molar-refractivity contribution in [3.63, 3.8) is 0 Å². The number of nitrogens with zero attached hydrogens (tertiary/aromatic N) is 3. The van der Waals surface area contributed by atoms with Crippen molar-refractivity contribution in [1.29, 1.82) is 0 Å². The van der Waals surface area contributed by atoms with Gasteiger partial charge in [-0.3, -0.25) is 9.40 Å². The summed E-state index contributed by atoms with van der Waals surface area (Å²) in [6, 6.07) is 7.83. The monoisotopic (exact) mass is 488 g/mol. The van der Waals surface area contributed by atoms with Gasteiger partial charge in [-0.15, -0.1) is 0 Å². The normalized spacial score (nSPS) is 11.5. The van der Waals surface area contributed by atoms with E-state index in [-0.39, 0.29) is 16.1 Å². The minimum absolute atomic E-state index is 0.0348. The third kappa shape index (κ3) is 5.39. The molecule has 10 heteroatoms. The van der Waals surface area contributed by atoms with Crippen LogP contribution in [0.15, 0.2) is 41.3 Å². The minimum atomic E-state index is -4.10. The molecule has 3 rings (SSSR count). The van der Waals surface area contributed by atoms with Crippen LogP contribution in [0, 0.1) is 26.6 Å². The lowest BCUT2D eigenvalue weighted by Crippen LogP contribution is -2.22. The van der Waals surface area contributed by atoms with E-state index in [0.717, 1.165) is 30.3 Å². The lowest BCUT2D eigenvalue weighted by Gasteiger charge is -2.22. The number of aromatic nitrogens is 2. The fraction of sp³-hybridized carbons (Fsp3) is 0.333. The van der Waals surface area contributed by atoms with Gasteiger partial charge in [0, 0.05) is 32.0 Å². The lowest BCUT2D eigenvalue weighted by atomic mass is 10.1. The van der Waals surface area contributed by atoms with Crippen molar-refractivity contribution >= 4 is 27.4 Å². The average molecular weight is 489 g/mol. The number of hydrogen-bond acceptors (Lipinski definition) is 5. The molecule has 0 bridgehead atoms.